The first-order chi connectivity index (χ1) is 7.21. The number of carbonyl (C=O) groups is 1. The minimum Gasteiger partial charge on any atom is -0.508 e. The quantitative estimate of drug-likeness (QED) is 0.666. The summed E-state index contributed by atoms with van der Waals surface area (Å²) in [5, 5.41) is 12.2. The highest BCUT2D eigenvalue weighted by Gasteiger charge is 2.22. The molecule has 0 aliphatic heterocycles. The van der Waals surface area contributed by atoms with Crippen molar-refractivity contribution in [2.24, 2.45) is 5.73 Å². The second-order valence-electron chi connectivity index (χ2n) is 4.63. The van der Waals surface area contributed by atoms with E-state index in [0.29, 0.717) is 5.69 Å². The topological polar surface area (TPSA) is 75.4 Å². The summed E-state index contributed by atoms with van der Waals surface area (Å²) >= 11 is 0. The van der Waals surface area contributed by atoms with Gasteiger partial charge in [-0.1, -0.05) is 0 Å². The summed E-state index contributed by atoms with van der Waals surface area (Å²) in [6.07, 6.45) is 0. The summed E-state index contributed by atoms with van der Waals surface area (Å²) in [7, 11) is 0. The Balaban J connectivity index is 2.99. The molecule has 0 aromatic heterocycles. The number of hydrogen-bond acceptors (Lipinski definition) is 3. The highest BCUT2D eigenvalue weighted by molar-refractivity contribution is 5.98. The van der Waals surface area contributed by atoms with Gasteiger partial charge in [0.25, 0.3) is 0 Å². The summed E-state index contributed by atoms with van der Waals surface area (Å²) in [6.45, 7) is 6.88. The summed E-state index contributed by atoms with van der Waals surface area (Å²) in [4.78, 5) is 11.7. The van der Waals surface area contributed by atoms with E-state index < -0.39 is 5.54 Å². The number of nitrogens with two attached hydrogens (primary N) is 1. The van der Waals surface area contributed by atoms with Crippen molar-refractivity contribution in [1.82, 2.24) is 0 Å². The second kappa shape index (κ2) is 4.14. The van der Waals surface area contributed by atoms with Crippen LogP contribution in [0, 0.1) is 13.8 Å². The van der Waals surface area contributed by atoms with Gasteiger partial charge >= 0.3 is 0 Å². The summed E-state index contributed by atoms with van der Waals surface area (Å²) in [6, 6.07) is 3.35. The molecular weight excluding hydrogens is 204 g/mol. The Morgan fingerprint density at radius 1 is 1.31 bits per heavy atom. The first-order valence-electron chi connectivity index (χ1n) is 5.12. The third-order valence-electron chi connectivity index (χ3n) is 2.38. The Bertz CT molecular complexity index is 420. The van der Waals surface area contributed by atoms with Crippen LogP contribution in [0.1, 0.15) is 25.0 Å². The predicted octanol–water partition coefficient (Wildman–Crippen LogP) is 1.68. The van der Waals surface area contributed by atoms with Gasteiger partial charge in [0.15, 0.2) is 0 Å². The molecule has 0 saturated heterocycles. The van der Waals surface area contributed by atoms with E-state index in [-0.39, 0.29) is 11.7 Å². The van der Waals surface area contributed by atoms with E-state index >= 15 is 0 Å². The Labute approximate surface area is 95.5 Å². The van der Waals surface area contributed by atoms with E-state index in [1.54, 1.807) is 32.9 Å². The van der Waals surface area contributed by atoms with Gasteiger partial charge in [-0.25, -0.2) is 0 Å². The highest BCUT2D eigenvalue weighted by Crippen LogP contribution is 2.25. The third-order valence-corrected chi connectivity index (χ3v) is 2.38. The minimum absolute atomic E-state index is 0.225. The molecule has 0 spiro atoms. The molecule has 0 unspecified atom stereocenters. The summed E-state index contributed by atoms with van der Waals surface area (Å²) < 4.78 is 0. The number of hydrogen-bond donors (Lipinski definition) is 3. The maximum atomic E-state index is 11.7. The summed E-state index contributed by atoms with van der Waals surface area (Å²) in [5.74, 6) is -0.0248. The molecule has 0 heterocycles. The summed E-state index contributed by atoms with van der Waals surface area (Å²) in [5.41, 5.74) is 6.97. The predicted molar refractivity (Wildman–Crippen MR) is 64.5 cm³/mol. The number of amides is 1. The number of aromatic hydroxyl groups is 1. The monoisotopic (exact) mass is 222 g/mol. The first kappa shape index (κ1) is 12.5. The molecule has 88 valence electrons. The van der Waals surface area contributed by atoms with Crippen LogP contribution in [-0.4, -0.2) is 16.6 Å². The Kier molecular flexibility index (Phi) is 3.24. The number of anilines is 1. The fourth-order valence-corrected chi connectivity index (χ4v) is 1.22. The lowest BCUT2D eigenvalue weighted by molar-refractivity contribution is -0.120. The van der Waals surface area contributed by atoms with Crippen LogP contribution < -0.4 is 11.1 Å². The standard InChI is InChI=1S/C12H18N2O2/c1-7-6-10(15)8(2)5-9(7)14-11(16)12(3,4)13/h5-6,15H,13H2,1-4H3,(H,14,16). The van der Waals surface area contributed by atoms with Crippen LogP contribution >= 0.6 is 0 Å². The lowest BCUT2D eigenvalue weighted by atomic mass is 10.0. The van der Waals surface area contributed by atoms with Crippen molar-refractivity contribution in [2.75, 3.05) is 5.32 Å². The van der Waals surface area contributed by atoms with Crippen molar-refractivity contribution in [2.45, 2.75) is 33.2 Å². The largest absolute Gasteiger partial charge is 0.508 e. The molecule has 0 saturated carbocycles. The molecule has 4 heteroatoms. The molecule has 4 nitrogen and oxygen atoms in total. The molecule has 1 rings (SSSR count). The van der Waals surface area contributed by atoms with Crippen molar-refractivity contribution >= 4 is 11.6 Å². The zero-order valence-corrected chi connectivity index (χ0v) is 10.1. The molecule has 0 fully saturated rings. The lowest BCUT2D eigenvalue weighted by Crippen LogP contribution is -2.45. The molecule has 16 heavy (non-hydrogen) atoms. The van der Waals surface area contributed by atoms with Crippen molar-refractivity contribution in [3.05, 3.63) is 23.3 Å². The SMILES string of the molecule is Cc1cc(NC(=O)C(C)(C)N)c(C)cc1O. The molecule has 1 aromatic carbocycles. The highest BCUT2D eigenvalue weighted by atomic mass is 16.3. The van der Waals surface area contributed by atoms with Gasteiger partial charge in [0.2, 0.25) is 5.91 Å². The van der Waals surface area contributed by atoms with Crippen molar-refractivity contribution in [3.8, 4) is 5.75 Å². The minimum atomic E-state index is -0.918. The Morgan fingerprint density at radius 2 is 1.88 bits per heavy atom. The fraction of sp³-hybridized carbons (Fsp3) is 0.417. The average molecular weight is 222 g/mol. The molecule has 0 aliphatic rings. The molecule has 0 radical (unpaired) electrons. The normalized spacial score (nSPS) is 11.3. The van der Waals surface area contributed by atoms with Gasteiger partial charge in [0, 0.05) is 5.69 Å². The van der Waals surface area contributed by atoms with E-state index in [1.807, 2.05) is 6.92 Å². The van der Waals surface area contributed by atoms with Gasteiger partial charge in [-0.2, -0.15) is 0 Å². The van der Waals surface area contributed by atoms with Gasteiger partial charge in [0.05, 0.1) is 5.54 Å². The zero-order valence-electron chi connectivity index (χ0n) is 10.1. The van der Waals surface area contributed by atoms with Crippen LogP contribution in [0.5, 0.6) is 5.75 Å². The van der Waals surface area contributed by atoms with E-state index in [0.717, 1.165) is 11.1 Å². The van der Waals surface area contributed by atoms with Gasteiger partial charge in [-0.05, 0) is 51.0 Å². The van der Waals surface area contributed by atoms with Gasteiger partial charge < -0.3 is 16.2 Å². The van der Waals surface area contributed by atoms with Crippen LogP contribution in [0.3, 0.4) is 0 Å². The molecule has 4 N–H and O–H groups in total. The van der Waals surface area contributed by atoms with Crippen LogP contribution in [0.25, 0.3) is 0 Å². The van der Waals surface area contributed by atoms with E-state index in [1.165, 1.54) is 0 Å². The van der Waals surface area contributed by atoms with Crippen LogP contribution in [-0.2, 0) is 4.79 Å². The molecule has 0 bridgehead atoms. The van der Waals surface area contributed by atoms with E-state index in [2.05, 4.69) is 5.32 Å². The number of carbonyl (C=O) groups excluding carboxylic acids is 1. The van der Waals surface area contributed by atoms with E-state index in [4.69, 9.17) is 5.73 Å². The Hall–Kier alpha value is -1.55. The van der Waals surface area contributed by atoms with Crippen LogP contribution in [0.15, 0.2) is 12.1 Å². The molecule has 0 aliphatic carbocycles. The van der Waals surface area contributed by atoms with Gasteiger partial charge in [0.1, 0.15) is 5.75 Å². The maximum absolute atomic E-state index is 11.7. The Morgan fingerprint density at radius 3 is 2.38 bits per heavy atom. The average Bonchev–Trinajstić information content (AvgIpc) is 2.12. The number of aryl methyl sites for hydroxylation is 2. The molecule has 0 atom stereocenters. The van der Waals surface area contributed by atoms with Crippen molar-refractivity contribution in [1.29, 1.82) is 0 Å². The number of phenolic OH excluding ortho intramolecular Hbond substituents is 1. The third kappa shape index (κ3) is 2.73. The number of rotatable bonds is 2. The van der Waals surface area contributed by atoms with Gasteiger partial charge in [-0.15, -0.1) is 0 Å². The molecular formula is C12H18N2O2. The maximum Gasteiger partial charge on any atom is 0.243 e. The zero-order chi connectivity index (χ0) is 12.5. The molecule has 1 aromatic rings. The van der Waals surface area contributed by atoms with Crippen molar-refractivity contribution < 1.29 is 9.90 Å². The van der Waals surface area contributed by atoms with Crippen LogP contribution in [0.2, 0.25) is 0 Å². The number of nitrogens with one attached hydrogen (secondary N) is 1. The number of benzene rings is 1. The van der Waals surface area contributed by atoms with Gasteiger partial charge in [-0.3, -0.25) is 4.79 Å². The smallest absolute Gasteiger partial charge is 0.243 e. The fourth-order valence-electron chi connectivity index (χ4n) is 1.22. The molecule has 1 amide bonds. The first-order valence-corrected chi connectivity index (χ1v) is 5.12. The van der Waals surface area contributed by atoms with Crippen molar-refractivity contribution in [3.63, 3.8) is 0 Å². The number of phenols is 1. The second-order valence-corrected chi connectivity index (χ2v) is 4.63. The van der Waals surface area contributed by atoms with Crippen LogP contribution in [0.4, 0.5) is 5.69 Å². The van der Waals surface area contributed by atoms with E-state index in [9.17, 15) is 9.90 Å². The lowest BCUT2D eigenvalue weighted by Gasteiger charge is -2.19.